The van der Waals surface area contributed by atoms with E-state index in [1.165, 1.54) is 18.2 Å². The van der Waals surface area contributed by atoms with Gasteiger partial charge in [0.05, 0.1) is 4.92 Å². The number of rotatable bonds is 3. The number of hydrogen-bond acceptors (Lipinski definition) is 3. The molecular formula is C14H17ClN2O3. The van der Waals surface area contributed by atoms with Crippen molar-refractivity contribution in [2.24, 2.45) is 0 Å². The van der Waals surface area contributed by atoms with Crippen molar-refractivity contribution in [2.75, 3.05) is 6.54 Å². The van der Waals surface area contributed by atoms with Crippen LogP contribution in [0.1, 0.15) is 37.7 Å². The van der Waals surface area contributed by atoms with Crippen LogP contribution in [-0.2, 0) is 11.3 Å². The Labute approximate surface area is 122 Å². The highest BCUT2D eigenvalue weighted by atomic mass is 35.5. The second kappa shape index (κ2) is 6.70. The molecule has 1 amide bonds. The van der Waals surface area contributed by atoms with E-state index in [0.29, 0.717) is 30.1 Å². The lowest BCUT2D eigenvalue weighted by Gasteiger charge is -2.25. The molecule has 0 atom stereocenters. The topological polar surface area (TPSA) is 63.5 Å². The Kier molecular flexibility index (Phi) is 4.95. The van der Waals surface area contributed by atoms with Crippen LogP contribution < -0.4 is 0 Å². The second-order valence-electron chi connectivity index (χ2n) is 5.01. The fourth-order valence-electron chi connectivity index (χ4n) is 2.38. The number of hydrogen-bond donors (Lipinski definition) is 0. The van der Waals surface area contributed by atoms with Crippen molar-refractivity contribution in [3.63, 3.8) is 0 Å². The van der Waals surface area contributed by atoms with Crippen molar-refractivity contribution in [3.05, 3.63) is 38.9 Å². The zero-order chi connectivity index (χ0) is 14.5. The average Bonchev–Trinajstić information content (AvgIpc) is 2.40. The minimum atomic E-state index is -0.449. The third kappa shape index (κ3) is 3.70. The number of benzene rings is 1. The first-order chi connectivity index (χ1) is 9.58. The molecule has 2 rings (SSSR count). The summed E-state index contributed by atoms with van der Waals surface area (Å²) in [6.45, 7) is 1.04. The van der Waals surface area contributed by atoms with Crippen molar-refractivity contribution in [3.8, 4) is 0 Å². The zero-order valence-corrected chi connectivity index (χ0v) is 11.9. The fraction of sp³-hybridized carbons (Fsp3) is 0.500. The third-order valence-electron chi connectivity index (χ3n) is 3.52. The summed E-state index contributed by atoms with van der Waals surface area (Å²) in [6.07, 6.45) is 4.65. The molecule has 6 heteroatoms. The van der Waals surface area contributed by atoms with Gasteiger partial charge in [-0.25, -0.2) is 0 Å². The molecule has 1 heterocycles. The van der Waals surface area contributed by atoms with Crippen molar-refractivity contribution in [2.45, 2.75) is 38.6 Å². The number of nitro groups is 1. The lowest BCUT2D eigenvalue weighted by molar-refractivity contribution is -0.384. The van der Waals surface area contributed by atoms with Crippen LogP contribution in [0.15, 0.2) is 18.2 Å². The molecule has 1 fully saturated rings. The lowest BCUT2D eigenvalue weighted by Crippen LogP contribution is -2.32. The number of non-ortho nitro benzene ring substituents is 1. The predicted octanol–water partition coefficient (Wildman–Crippen LogP) is 3.54. The van der Waals surface area contributed by atoms with Gasteiger partial charge in [-0.05, 0) is 24.5 Å². The molecule has 108 valence electrons. The van der Waals surface area contributed by atoms with Crippen LogP contribution >= 0.6 is 11.6 Å². The van der Waals surface area contributed by atoms with Gasteiger partial charge in [-0.15, -0.1) is 0 Å². The van der Waals surface area contributed by atoms with Gasteiger partial charge < -0.3 is 4.90 Å². The molecule has 0 aromatic heterocycles. The molecule has 5 nitrogen and oxygen atoms in total. The molecule has 0 bridgehead atoms. The molecule has 0 radical (unpaired) electrons. The van der Waals surface area contributed by atoms with Gasteiger partial charge in [-0.3, -0.25) is 14.9 Å². The highest BCUT2D eigenvalue weighted by Gasteiger charge is 2.18. The first kappa shape index (κ1) is 14.8. The fourth-order valence-corrected chi connectivity index (χ4v) is 2.56. The Hall–Kier alpha value is -1.62. The summed E-state index contributed by atoms with van der Waals surface area (Å²) in [5.74, 6) is 0.104. The van der Waals surface area contributed by atoms with Gasteiger partial charge in [-0.1, -0.05) is 24.4 Å². The molecule has 1 aliphatic rings. The quantitative estimate of drug-likeness (QED) is 0.633. The smallest absolute Gasteiger partial charge is 0.269 e. The maximum atomic E-state index is 12.1. The molecule has 0 N–H and O–H groups in total. The Morgan fingerprint density at radius 1 is 1.25 bits per heavy atom. The number of nitrogens with zero attached hydrogens (tertiary/aromatic N) is 2. The molecule has 0 aliphatic carbocycles. The number of nitro benzene ring substituents is 1. The van der Waals surface area contributed by atoms with Crippen LogP contribution in [-0.4, -0.2) is 22.3 Å². The van der Waals surface area contributed by atoms with Gasteiger partial charge in [0.15, 0.2) is 0 Å². The van der Waals surface area contributed by atoms with E-state index in [9.17, 15) is 14.9 Å². The van der Waals surface area contributed by atoms with Crippen LogP contribution in [0.5, 0.6) is 0 Å². The summed E-state index contributed by atoms with van der Waals surface area (Å²) in [5.41, 5.74) is 0.638. The predicted molar refractivity (Wildman–Crippen MR) is 76.6 cm³/mol. The second-order valence-corrected chi connectivity index (χ2v) is 5.42. The number of carbonyl (C=O) groups excluding carboxylic acids is 1. The number of halogens is 1. The van der Waals surface area contributed by atoms with Crippen molar-refractivity contribution >= 4 is 23.2 Å². The standard InChI is InChI=1S/C14H17ClN2O3/c15-13-7-6-12(17(19)20)9-11(13)10-16-8-4-2-1-3-5-14(16)18/h6-7,9H,1-5,8,10H2. The summed E-state index contributed by atoms with van der Waals surface area (Å²) in [5, 5.41) is 11.3. The Morgan fingerprint density at radius 2 is 2.00 bits per heavy atom. The monoisotopic (exact) mass is 296 g/mol. The Bertz CT molecular complexity index is 519. The van der Waals surface area contributed by atoms with Gasteiger partial charge in [0.2, 0.25) is 5.91 Å². The maximum absolute atomic E-state index is 12.1. The van der Waals surface area contributed by atoms with E-state index in [-0.39, 0.29) is 11.6 Å². The Morgan fingerprint density at radius 3 is 2.75 bits per heavy atom. The van der Waals surface area contributed by atoms with E-state index in [4.69, 9.17) is 11.6 Å². The van der Waals surface area contributed by atoms with Gasteiger partial charge in [-0.2, -0.15) is 0 Å². The number of amides is 1. The van der Waals surface area contributed by atoms with Crippen LogP contribution in [0.3, 0.4) is 0 Å². The minimum Gasteiger partial charge on any atom is -0.338 e. The van der Waals surface area contributed by atoms with Crippen molar-refractivity contribution in [1.29, 1.82) is 0 Å². The summed E-state index contributed by atoms with van der Waals surface area (Å²) >= 11 is 6.08. The van der Waals surface area contributed by atoms with Gasteiger partial charge >= 0.3 is 0 Å². The Balaban J connectivity index is 2.16. The first-order valence-electron chi connectivity index (χ1n) is 6.78. The molecule has 1 aromatic carbocycles. The lowest BCUT2D eigenvalue weighted by atomic mass is 10.1. The number of likely N-dealkylation sites (tertiary alicyclic amines) is 1. The third-order valence-corrected chi connectivity index (χ3v) is 3.89. The van der Waals surface area contributed by atoms with E-state index in [1.54, 1.807) is 4.90 Å². The van der Waals surface area contributed by atoms with Crippen LogP contribution in [0.4, 0.5) is 5.69 Å². The highest BCUT2D eigenvalue weighted by Crippen LogP contribution is 2.24. The molecular weight excluding hydrogens is 280 g/mol. The van der Waals surface area contributed by atoms with E-state index >= 15 is 0 Å². The molecule has 20 heavy (non-hydrogen) atoms. The summed E-state index contributed by atoms with van der Waals surface area (Å²) in [7, 11) is 0. The summed E-state index contributed by atoms with van der Waals surface area (Å²) in [4.78, 5) is 24.2. The number of carbonyl (C=O) groups is 1. The minimum absolute atomic E-state index is 0.00360. The molecule has 0 spiro atoms. The van der Waals surface area contributed by atoms with Crippen LogP contribution in [0.2, 0.25) is 5.02 Å². The maximum Gasteiger partial charge on any atom is 0.269 e. The van der Waals surface area contributed by atoms with E-state index in [2.05, 4.69) is 0 Å². The first-order valence-corrected chi connectivity index (χ1v) is 7.16. The molecule has 1 aromatic rings. The normalized spacial score (nSPS) is 16.6. The molecule has 0 saturated carbocycles. The van der Waals surface area contributed by atoms with Crippen molar-refractivity contribution < 1.29 is 9.72 Å². The highest BCUT2D eigenvalue weighted by molar-refractivity contribution is 6.31. The van der Waals surface area contributed by atoms with Crippen LogP contribution in [0, 0.1) is 10.1 Å². The van der Waals surface area contributed by atoms with Crippen LogP contribution in [0.25, 0.3) is 0 Å². The van der Waals surface area contributed by atoms with E-state index in [1.807, 2.05) is 0 Å². The van der Waals surface area contributed by atoms with Gasteiger partial charge in [0.25, 0.3) is 5.69 Å². The van der Waals surface area contributed by atoms with Crippen molar-refractivity contribution in [1.82, 2.24) is 4.90 Å². The van der Waals surface area contributed by atoms with Gasteiger partial charge in [0.1, 0.15) is 0 Å². The largest absolute Gasteiger partial charge is 0.338 e. The van der Waals surface area contributed by atoms with E-state index < -0.39 is 4.92 Å². The summed E-state index contributed by atoms with van der Waals surface area (Å²) in [6, 6.07) is 4.35. The van der Waals surface area contributed by atoms with E-state index in [0.717, 1.165) is 25.7 Å². The average molecular weight is 297 g/mol. The van der Waals surface area contributed by atoms with Gasteiger partial charge in [0, 0.05) is 36.7 Å². The zero-order valence-electron chi connectivity index (χ0n) is 11.2. The summed E-state index contributed by atoms with van der Waals surface area (Å²) < 4.78 is 0. The molecule has 1 saturated heterocycles. The molecule has 1 aliphatic heterocycles. The SMILES string of the molecule is O=C1CCCCCCN1Cc1cc([N+](=O)[O-])ccc1Cl. The molecule has 0 unspecified atom stereocenters.